The summed E-state index contributed by atoms with van der Waals surface area (Å²) in [6, 6.07) is 3.62. The molecule has 1 aromatic carbocycles. The second-order valence-electron chi connectivity index (χ2n) is 8.70. The van der Waals surface area contributed by atoms with Gasteiger partial charge in [0.05, 0.1) is 13.2 Å². The van der Waals surface area contributed by atoms with Crippen molar-refractivity contribution in [2.45, 2.75) is 65.1 Å². The summed E-state index contributed by atoms with van der Waals surface area (Å²) in [5.41, 5.74) is 1.70. The Hall–Kier alpha value is -2.87. The van der Waals surface area contributed by atoms with E-state index in [0.717, 1.165) is 11.1 Å². The van der Waals surface area contributed by atoms with E-state index in [1.54, 1.807) is 26.4 Å². The van der Waals surface area contributed by atoms with E-state index in [0.29, 0.717) is 25.0 Å². The van der Waals surface area contributed by atoms with Gasteiger partial charge in [-0.1, -0.05) is 46.6 Å². The van der Waals surface area contributed by atoms with Crippen LogP contribution in [0.15, 0.2) is 24.4 Å². The van der Waals surface area contributed by atoms with E-state index < -0.39 is 18.1 Å². The number of fused-ring (bicyclic) bond motifs is 2. The molecule has 8 heteroatoms. The van der Waals surface area contributed by atoms with Crippen LogP contribution in [-0.2, 0) is 20.8 Å². The number of ether oxygens (including phenoxy) is 1. The normalized spacial score (nSPS) is 23.9. The summed E-state index contributed by atoms with van der Waals surface area (Å²) in [7, 11) is 3.30. The van der Waals surface area contributed by atoms with Gasteiger partial charge in [0.1, 0.15) is 17.8 Å². The second-order valence-corrected chi connectivity index (χ2v) is 8.70. The molecule has 0 spiro atoms. The molecule has 1 aliphatic heterocycles. The van der Waals surface area contributed by atoms with Crippen LogP contribution in [0.1, 0.15) is 51.7 Å². The molecule has 4 N–H and O–H groups in total. The Labute approximate surface area is 196 Å². The van der Waals surface area contributed by atoms with Gasteiger partial charge < -0.3 is 26.0 Å². The number of methoxy groups -OCH3 is 1. The van der Waals surface area contributed by atoms with Gasteiger partial charge in [-0.2, -0.15) is 0 Å². The van der Waals surface area contributed by atoms with Crippen LogP contribution in [0.5, 0.6) is 5.75 Å². The van der Waals surface area contributed by atoms with Gasteiger partial charge in [0.15, 0.2) is 0 Å². The molecule has 0 fully saturated rings. The van der Waals surface area contributed by atoms with Crippen LogP contribution in [0.3, 0.4) is 0 Å². The van der Waals surface area contributed by atoms with Crippen molar-refractivity contribution < 1.29 is 19.1 Å². The molecular weight excluding hydrogens is 420 g/mol. The van der Waals surface area contributed by atoms with Crippen LogP contribution in [0, 0.1) is 11.8 Å². The third-order valence-corrected chi connectivity index (χ3v) is 6.48. The lowest BCUT2D eigenvalue weighted by Crippen LogP contribution is -2.59. The van der Waals surface area contributed by atoms with Crippen molar-refractivity contribution in [1.29, 1.82) is 0 Å². The minimum atomic E-state index is -0.758. The molecule has 0 radical (unpaired) electrons. The maximum atomic E-state index is 13.3. The molecule has 182 valence electrons. The highest BCUT2D eigenvalue weighted by molar-refractivity contribution is 5.93. The molecule has 8 nitrogen and oxygen atoms in total. The van der Waals surface area contributed by atoms with Crippen molar-refractivity contribution in [3.05, 3.63) is 35.5 Å². The SMILES string of the molecule is CC[C@@H](C)[C@@H]1NC(=O)[C@@H](NC)Cc2cc(ccc2OC)C=CNC(=O)[C@@H]([C@@H](C)CC)NC1=O. The van der Waals surface area contributed by atoms with Gasteiger partial charge in [-0.25, -0.2) is 0 Å². The predicted octanol–water partition coefficient (Wildman–Crippen LogP) is 1.99. The Morgan fingerprint density at radius 2 is 1.61 bits per heavy atom. The summed E-state index contributed by atoms with van der Waals surface area (Å²) in [6.45, 7) is 7.78. The van der Waals surface area contributed by atoms with Crippen LogP contribution in [0.2, 0.25) is 0 Å². The standard InChI is InChI=1S/C25H38N4O4/c1-7-15(3)21-24(31)27-12-11-17-9-10-20(33-6)18(13-17)14-19(26-5)23(30)28-22(16(4)8-2)25(32)29-21/h9-13,15-16,19,21-22,26H,7-8,14H2,1-6H3,(H,27,31)(H,28,30)(H,29,32)/t15-,16+,19-,21+,22-/m0/s1. The lowest BCUT2D eigenvalue weighted by Gasteiger charge is -2.29. The average Bonchev–Trinajstić information content (AvgIpc) is 2.82. The minimum Gasteiger partial charge on any atom is -0.496 e. The van der Waals surface area contributed by atoms with Crippen molar-refractivity contribution in [3.8, 4) is 5.75 Å². The highest BCUT2D eigenvalue weighted by Gasteiger charge is 2.33. The van der Waals surface area contributed by atoms with E-state index in [4.69, 9.17) is 4.74 Å². The maximum absolute atomic E-state index is 13.3. The number of hydrogen-bond acceptors (Lipinski definition) is 5. The molecule has 0 saturated carbocycles. The van der Waals surface area contributed by atoms with Crippen LogP contribution in [-0.4, -0.2) is 50.0 Å². The summed E-state index contributed by atoms with van der Waals surface area (Å²) in [5.74, 6) is -0.448. The fourth-order valence-electron chi connectivity index (χ4n) is 3.82. The monoisotopic (exact) mass is 458 g/mol. The molecule has 5 atom stereocenters. The largest absolute Gasteiger partial charge is 0.496 e. The highest BCUT2D eigenvalue weighted by atomic mass is 16.5. The minimum absolute atomic E-state index is 0.0797. The van der Waals surface area contributed by atoms with E-state index in [1.807, 2.05) is 45.9 Å². The third-order valence-electron chi connectivity index (χ3n) is 6.48. The first-order valence-corrected chi connectivity index (χ1v) is 11.7. The summed E-state index contributed by atoms with van der Waals surface area (Å²) in [5, 5.41) is 11.7. The molecule has 2 rings (SSSR count). The fraction of sp³-hybridized carbons (Fsp3) is 0.560. The predicted molar refractivity (Wildman–Crippen MR) is 129 cm³/mol. The first-order valence-electron chi connectivity index (χ1n) is 11.7. The number of nitrogens with one attached hydrogen (secondary N) is 4. The number of carbonyl (C=O) groups is 3. The van der Waals surface area contributed by atoms with E-state index in [1.165, 1.54) is 0 Å². The van der Waals surface area contributed by atoms with E-state index in [-0.39, 0.29) is 29.6 Å². The zero-order valence-corrected chi connectivity index (χ0v) is 20.5. The lowest BCUT2D eigenvalue weighted by atomic mass is 9.94. The number of rotatable bonds is 6. The number of benzene rings is 1. The quantitative estimate of drug-likeness (QED) is 0.521. The Morgan fingerprint density at radius 1 is 1.00 bits per heavy atom. The first-order chi connectivity index (χ1) is 15.7. The Morgan fingerprint density at radius 3 is 2.18 bits per heavy atom. The molecular formula is C25H38N4O4. The van der Waals surface area contributed by atoms with Crippen LogP contribution in [0.4, 0.5) is 0 Å². The number of carbonyl (C=O) groups excluding carboxylic acids is 3. The maximum Gasteiger partial charge on any atom is 0.246 e. The van der Waals surface area contributed by atoms with Crippen molar-refractivity contribution >= 4 is 23.8 Å². The Bertz CT molecular complexity index is 870. The third kappa shape index (κ3) is 6.81. The molecule has 1 heterocycles. The van der Waals surface area contributed by atoms with Gasteiger partial charge in [-0.15, -0.1) is 0 Å². The topological polar surface area (TPSA) is 109 Å². The number of hydrogen-bond donors (Lipinski definition) is 4. The molecule has 33 heavy (non-hydrogen) atoms. The fourth-order valence-corrected chi connectivity index (χ4v) is 3.82. The zero-order chi connectivity index (χ0) is 24.5. The van der Waals surface area contributed by atoms with Gasteiger partial charge in [-0.05, 0) is 48.2 Å². The van der Waals surface area contributed by atoms with Gasteiger partial charge >= 0.3 is 0 Å². The van der Waals surface area contributed by atoms with Gasteiger partial charge in [-0.3, -0.25) is 14.4 Å². The first kappa shape index (κ1) is 26.4. The highest BCUT2D eigenvalue weighted by Crippen LogP contribution is 2.23. The lowest BCUT2D eigenvalue weighted by molar-refractivity contribution is -0.134. The van der Waals surface area contributed by atoms with E-state index in [9.17, 15) is 14.4 Å². The van der Waals surface area contributed by atoms with Crippen molar-refractivity contribution in [3.63, 3.8) is 0 Å². The molecule has 0 saturated heterocycles. The van der Waals surface area contributed by atoms with Gasteiger partial charge in [0.25, 0.3) is 0 Å². The summed E-state index contributed by atoms with van der Waals surface area (Å²) >= 11 is 0. The number of likely N-dealkylation sites (N-methyl/N-ethyl adjacent to an activating group) is 1. The average molecular weight is 459 g/mol. The molecule has 1 aliphatic rings. The smallest absolute Gasteiger partial charge is 0.246 e. The van der Waals surface area contributed by atoms with Crippen LogP contribution in [0.25, 0.3) is 6.08 Å². The van der Waals surface area contributed by atoms with Gasteiger partial charge in [0, 0.05) is 12.6 Å². The van der Waals surface area contributed by atoms with Gasteiger partial charge in [0.2, 0.25) is 17.7 Å². The van der Waals surface area contributed by atoms with Crippen LogP contribution < -0.4 is 26.0 Å². The van der Waals surface area contributed by atoms with Crippen molar-refractivity contribution in [1.82, 2.24) is 21.3 Å². The molecule has 1 aromatic rings. The molecule has 0 aromatic heterocycles. The Balaban J connectivity index is 2.52. The summed E-state index contributed by atoms with van der Waals surface area (Å²) in [6.07, 6.45) is 5.16. The molecule has 2 bridgehead atoms. The number of amides is 3. The van der Waals surface area contributed by atoms with E-state index in [2.05, 4.69) is 21.3 Å². The molecule has 0 unspecified atom stereocenters. The second kappa shape index (κ2) is 12.4. The summed E-state index contributed by atoms with van der Waals surface area (Å²) in [4.78, 5) is 39.4. The summed E-state index contributed by atoms with van der Waals surface area (Å²) < 4.78 is 5.49. The van der Waals surface area contributed by atoms with Crippen molar-refractivity contribution in [2.24, 2.45) is 11.8 Å². The molecule has 3 amide bonds. The Kier molecular flexibility index (Phi) is 9.91. The molecule has 0 aliphatic carbocycles. The van der Waals surface area contributed by atoms with Crippen molar-refractivity contribution in [2.75, 3.05) is 14.2 Å². The van der Waals surface area contributed by atoms with E-state index >= 15 is 0 Å². The zero-order valence-electron chi connectivity index (χ0n) is 20.5. The van der Waals surface area contributed by atoms with Crippen LogP contribution >= 0.6 is 0 Å².